The Kier molecular flexibility index (Phi) is 3.29. The monoisotopic (exact) mass is 231 g/mol. The molecule has 0 bridgehead atoms. The van der Waals surface area contributed by atoms with Crippen molar-refractivity contribution in [1.82, 2.24) is 4.98 Å². The van der Waals surface area contributed by atoms with Gasteiger partial charge in [-0.05, 0) is 25.0 Å². The van der Waals surface area contributed by atoms with E-state index < -0.39 is 6.10 Å². The number of oxazole rings is 1. The summed E-state index contributed by atoms with van der Waals surface area (Å²) in [7, 11) is 0. The van der Waals surface area contributed by atoms with Gasteiger partial charge in [-0.3, -0.25) is 0 Å². The lowest BCUT2D eigenvalue weighted by Gasteiger charge is -2.10. The van der Waals surface area contributed by atoms with Crippen LogP contribution >= 0.6 is 0 Å². The summed E-state index contributed by atoms with van der Waals surface area (Å²) in [6.45, 7) is 5.87. The predicted octanol–water partition coefficient (Wildman–Crippen LogP) is 2.88. The smallest absolute Gasteiger partial charge is 0.191 e. The second-order valence-corrected chi connectivity index (χ2v) is 4.44. The minimum absolute atomic E-state index is 0.569. The fourth-order valence-corrected chi connectivity index (χ4v) is 1.87. The van der Waals surface area contributed by atoms with Crippen LogP contribution in [0.2, 0.25) is 0 Å². The van der Waals surface area contributed by atoms with Crippen LogP contribution in [-0.4, -0.2) is 10.1 Å². The molecule has 0 aliphatic carbocycles. The molecule has 0 fully saturated rings. The van der Waals surface area contributed by atoms with Crippen LogP contribution in [0.4, 0.5) is 0 Å². The molecule has 2 aromatic rings. The first-order valence-electron chi connectivity index (χ1n) is 5.72. The van der Waals surface area contributed by atoms with E-state index in [2.05, 4.69) is 37.0 Å². The molecule has 0 radical (unpaired) electrons. The van der Waals surface area contributed by atoms with Crippen LogP contribution in [0.3, 0.4) is 0 Å². The molecule has 0 aliphatic rings. The third-order valence-electron chi connectivity index (χ3n) is 2.90. The summed E-state index contributed by atoms with van der Waals surface area (Å²) in [5, 5.41) is 10.1. The Balaban J connectivity index is 2.18. The quantitative estimate of drug-likeness (QED) is 0.883. The zero-order valence-corrected chi connectivity index (χ0v) is 10.4. The van der Waals surface area contributed by atoms with Gasteiger partial charge in [0.05, 0.1) is 0 Å². The van der Waals surface area contributed by atoms with Crippen LogP contribution in [0.25, 0.3) is 0 Å². The van der Waals surface area contributed by atoms with Gasteiger partial charge in [0, 0.05) is 13.3 Å². The highest BCUT2D eigenvalue weighted by molar-refractivity contribution is 5.31. The molecule has 1 aromatic carbocycles. The van der Waals surface area contributed by atoms with Crippen LogP contribution < -0.4 is 0 Å². The van der Waals surface area contributed by atoms with Gasteiger partial charge in [-0.2, -0.15) is 0 Å². The van der Waals surface area contributed by atoms with Gasteiger partial charge in [-0.1, -0.05) is 23.8 Å². The van der Waals surface area contributed by atoms with E-state index in [4.69, 9.17) is 4.42 Å². The fraction of sp³-hybridized carbons (Fsp3) is 0.357. The molecule has 90 valence electrons. The number of nitrogens with zero attached hydrogens (tertiary/aromatic N) is 1. The zero-order chi connectivity index (χ0) is 12.4. The SMILES string of the molecule is Cc1ccc(C)c(CC(O)c2coc(C)n2)c1. The van der Waals surface area contributed by atoms with Gasteiger partial charge in [-0.25, -0.2) is 4.98 Å². The average molecular weight is 231 g/mol. The highest BCUT2D eigenvalue weighted by Gasteiger charge is 2.13. The van der Waals surface area contributed by atoms with Crippen LogP contribution in [0.5, 0.6) is 0 Å². The Morgan fingerprint density at radius 2 is 2.06 bits per heavy atom. The van der Waals surface area contributed by atoms with E-state index in [1.807, 2.05) is 0 Å². The Bertz CT molecular complexity index is 517. The van der Waals surface area contributed by atoms with Crippen molar-refractivity contribution < 1.29 is 9.52 Å². The van der Waals surface area contributed by atoms with Crippen molar-refractivity contribution in [2.24, 2.45) is 0 Å². The van der Waals surface area contributed by atoms with E-state index in [1.165, 1.54) is 17.4 Å². The van der Waals surface area contributed by atoms with Crippen LogP contribution in [0.15, 0.2) is 28.9 Å². The van der Waals surface area contributed by atoms with Crippen molar-refractivity contribution in [3.63, 3.8) is 0 Å². The summed E-state index contributed by atoms with van der Waals surface area (Å²) in [5.74, 6) is 0.583. The van der Waals surface area contributed by atoms with Gasteiger partial charge in [0.1, 0.15) is 18.1 Å². The molecule has 1 unspecified atom stereocenters. The van der Waals surface area contributed by atoms with Crippen molar-refractivity contribution >= 4 is 0 Å². The lowest BCUT2D eigenvalue weighted by Crippen LogP contribution is -2.04. The van der Waals surface area contributed by atoms with E-state index in [0.717, 1.165) is 5.56 Å². The third kappa shape index (κ3) is 2.74. The molecule has 3 heteroatoms. The number of aliphatic hydroxyl groups is 1. The first-order chi connectivity index (χ1) is 8.06. The van der Waals surface area contributed by atoms with Crippen LogP contribution in [-0.2, 0) is 6.42 Å². The summed E-state index contributed by atoms with van der Waals surface area (Å²) in [6.07, 6.45) is 1.48. The average Bonchev–Trinajstić information content (AvgIpc) is 2.70. The summed E-state index contributed by atoms with van der Waals surface area (Å²) in [6, 6.07) is 6.25. The second-order valence-electron chi connectivity index (χ2n) is 4.44. The van der Waals surface area contributed by atoms with E-state index in [-0.39, 0.29) is 0 Å². The van der Waals surface area contributed by atoms with Crippen molar-refractivity contribution in [3.8, 4) is 0 Å². The van der Waals surface area contributed by atoms with E-state index >= 15 is 0 Å². The summed E-state index contributed by atoms with van der Waals surface area (Å²) < 4.78 is 5.11. The molecule has 0 spiro atoms. The topological polar surface area (TPSA) is 46.3 Å². The number of aromatic nitrogens is 1. The fourth-order valence-electron chi connectivity index (χ4n) is 1.87. The minimum atomic E-state index is -0.604. The molecule has 1 heterocycles. The predicted molar refractivity (Wildman–Crippen MR) is 65.8 cm³/mol. The molecule has 0 aliphatic heterocycles. The van der Waals surface area contributed by atoms with Gasteiger partial charge in [-0.15, -0.1) is 0 Å². The largest absolute Gasteiger partial charge is 0.449 e. The van der Waals surface area contributed by atoms with Crippen molar-refractivity contribution in [3.05, 3.63) is 52.7 Å². The lowest BCUT2D eigenvalue weighted by atomic mass is 9.99. The number of hydrogen-bond donors (Lipinski definition) is 1. The maximum atomic E-state index is 10.1. The molecule has 2 rings (SSSR count). The minimum Gasteiger partial charge on any atom is -0.449 e. The molecule has 1 aromatic heterocycles. The summed E-state index contributed by atoms with van der Waals surface area (Å²) >= 11 is 0. The Hall–Kier alpha value is -1.61. The van der Waals surface area contributed by atoms with Crippen molar-refractivity contribution in [2.75, 3.05) is 0 Å². The molecular formula is C14H17NO2. The first kappa shape index (κ1) is 11.9. The van der Waals surface area contributed by atoms with Crippen LogP contribution in [0.1, 0.15) is 34.4 Å². The first-order valence-corrected chi connectivity index (χ1v) is 5.72. The van der Waals surface area contributed by atoms with Crippen molar-refractivity contribution in [1.29, 1.82) is 0 Å². The van der Waals surface area contributed by atoms with Crippen molar-refractivity contribution in [2.45, 2.75) is 33.3 Å². The molecule has 1 N–H and O–H groups in total. The number of rotatable bonds is 3. The number of aliphatic hydroxyl groups excluding tert-OH is 1. The number of hydrogen-bond acceptors (Lipinski definition) is 3. The summed E-state index contributed by atoms with van der Waals surface area (Å²) in [4.78, 5) is 4.14. The van der Waals surface area contributed by atoms with Crippen LogP contribution in [0, 0.1) is 20.8 Å². The Labute approximate surface area is 101 Å². The molecule has 0 saturated carbocycles. The third-order valence-corrected chi connectivity index (χ3v) is 2.90. The Morgan fingerprint density at radius 1 is 1.29 bits per heavy atom. The van der Waals surface area contributed by atoms with E-state index in [1.54, 1.807) is 6.92 Å². The van der Waals surface area contributed by atoms with Gasteiger partial charge in [0.15, 0.2) is 5.89 Å². The molecular weight excluding hydrogens is 214 g/mol. The second kappa shape index (κ2) is 4.72. The standard InChI is InChI=1S/C14H17NO2/c1-9-4-5-10(2)12(6-9)7-14(16)13-8-17-11(3)15-13/h4-6,8,14,16H,7H2,1-3H3. The molecule has 17 heavy (non-hydrogen) atoms. The lowest BCUT2D eigenvalue weighted by molar-refractivity contribution is 0.173. The molecule has 1 atom stereocenters. The van der Waals surface area contributed by atoms with Gasteiger partial charge >= 0.3 is 0 Å². The van der Waals surface area contributed by atoms with Gasteiger partial charge in [0.2, 0.25) is 0 Å². The molecule has 0 amide bonds. The Morgan fingerprint density at radius 3 is 2.71 bits per heavy atom. The molecule has 3 nitrogen and oxygen atoms in total. The van der Waals surface area contributed by atoms with E-state index in [0.29, 0.717) is 18.0 Å². The maximum Gasteiger partial charge on any atom is 0.191 e. The highest BCUT2D eigenvalue weighted by Crippen LogP contribution is 2.20. The van der Waals surface area contributed by atoms with Gasteiger partial charge in [0.25, 0.3) is 0 Å². The highest BCUT2D eigenvalue weighted by atomic mass is 16.3. The summed E-state index contributed by atoms with van der Waals surface area (Å²) in [5.41, 5.74) is 4.14. The maximum absolute atomic E-state index is 10.1. The normalized spacial score (nSPS) is 12.7. The molecule has 0 saturated heterocycles. The van der Waals surface area contributed by atoms with Gasteiger partial charge < -0.3 is 9.52 Å². The zero-order valence-electron chi connectivity index (χ0n) is 10.4. The number of aryl methyl sites for hydroxylation is 3. The number of benzene rings is 1. The van der Waals surface area contributed by atoms with E-state index in [9.17, 15) is 5.11 Å².